The van der Waals surface area contributed by atoms with Crippen LogP contribution >= 0.6 is 22.6 Å². The number of ether oxygens (including phenoxy) is 1. The number of carbonyl (C=O) groups is 1. The fourth-order valence-electron chi connectivity index (χ4n) is 2.07. The van der Waals surface area contributed by atoms with Crippen LogP contribution in [-0.2, 0) is 9.53 Å². The summed E-state index contributed by atoms with van der Waals surface area (Å²) in [5, 5.41) is 0. The van der Waals surface area contributed by atoms with Gasteiger partial charge in [0.05, 0.1) is 6.61 Å². The van der Waals surface area contributed by atoms with E-state index in [0.29, 0.717) is 12.5 Å². The molecule has 0 radical (unpaired) electrons. The fraction of sp³-hybridized carbons (Fsp3) is 0.750. The SMILES string of the molecule is CCOC(=O)/C=C/C1CCCCC1CI. The molecule has 0 saturated heterocycles. The highest BCUT2D eigenvalue weighted by atomic mass is 127. The van der Waals surface area contributed by atoms with Gasteiger partial charge in [-0.1, -0.05) is 41.5 Å². The van der Waals surface area contributed by atoms with Gasteiger partial charge >= 0.3 is 5.97 Å². The van der Waals surface area contributed by atoms with Gasteiger partial charge in [-0.25, -0.2) is 4.79 Å². The van der Waals surface area contributed by atoms with Gasteiger partial charge in [0.25, 0.3) is 0 Å². The molecule has 0 aliphatic heterocycles. The van der Waals surface area contributed by atoms with Gasteiger partial charge in [0.2, 0.25) is 0 Å². The molecule has 1 aliphatic carbocycles. The Kier molecular flexibility index (Phi) is 6.29. The number of carbonyl (C=O) groups excluding carboxylic acids is 1. The lowest BCUT2D eigenvalue weighted by Gasteiger charge is -2.27. The van der Waals surface area contributed by atoms with Crippen molar-refractivity contribution < 1.29 is 9.53 Å². The number of hydrogen-bond acceptors (Lipinski definition) is 2. The van der Waals surface area contributed by atoms with E-state index in [0.717, 1.165) is 5.92 Å². The number of alkyl halides is 1. The third-order valence-corrected chi connectivity index (χ3v) is 4.06. The predicted octanol–water partition coefficient (Wildman–Crippen LogP) is 3.35. The molecule has 0 N–H and O–H groups in total. The first-order valence-corrected chi connectivity index (χ1v) is 7.21. The summed E-state index contributed by atoms with van der Waals surface area (Å²) in [6.45, 7) is 2.30. The van der Waals surface area contributed by atoms with Crippen LogP contribution in [0.15, 0.2) is 12.2 Å². The van der Waals surface area contributed by atoms with Crippen LogP contribution in [0.3, 0.4) is 0 Å². The average Bonchev–Trinajstić information content (AvgIpc) is 2.27. The van der Waals surface area contributed by atoms with Crippen LogP contribution in [0.2, 0.25) is 0 Å². The van der Waals surface area contributed by atoms with Crippen LogP contribution in [-0.4, -0.2) is 17.0 Å². The van der Waals surface area contributed by atoms with Crippen molar-refractivity contribution in [1.82, 2.24) is 0 Å². The Balaban J connectivity index is 2.43. The minimum absolute atomic E-state index is 0.199. The molecule has 1 fully saturated rings. The number of hydrogen-bond donors (Lipinski definition) is 0. The summed E-state index contributed by atoms with van der Waals surface area (Å²) >= 11 is 2.45. The van der Waals surface area contributed by atoms with E-state index < -0.39 is 0 Å². The van der Waals surface area contributed by atoms with Gasteiger partial charge in [-0.05, 0) is 31.6 Å². The normalized spacial score (nSPS) is 26.8. The van der Waals surface area contributed by atoms with Crippen molar-refractivity contribution in [2.75, 3.05) is 11.0 Å². The van der Waals surface area contributed by atoms with Crippen molar-refractivity contribution >= 4 is 28.6 Å². The van der Waals surface area contributed by atoms with Gasteiger partial charge in [0, 0.05) is 10.5 Å². The zero-order valence-electron chi connectivity index (χ0n) is 9.25. The van der Waals surface area contributed by atoms with Crippen LogP contribution in [0.4, 0.5) is 0 Å². The van der Waals surface area contributed by atoms with E-state index in [9.17, 15) is 4.79 Å². The van der Waals surface area contributed by atoms with E-state index in [1.807, 2.05) is 6.92 Å². The maximum Gasteiger partial charge on any atom is 0.330 e. The molecular weight excluding hydrogens is 303 g/mol. The first-order chi connectivity index (χ1) is 7.27. The van der Waals surface area contributed by atoms with Gasteiger partial charge in [0.1, 0.15) is 0 Å². The topological polar surface area (TPSA) is 26.3 Å². The second-order valence-corrected chi connectivity index (χ2v) is 4.85. The summed E-state index contributed by atoms with van der Waals surface area (Å²) in [7, 11) is 0. The van der Waals surface area contributed by atoms with E-state index in [4.69, 9.17) is 4.74 Å². The number of rotatable bonds is 4. The first-order valence-electron chi connectivity index (χ1n) is 5.68. The summed E-state index contributed by atoms with van der Waals surface area (Å²) in [4.78, 5) is 11.2. The first kappa shape index (κ1) is 13.0. The smallest absolute Gasteiger partial charge is 0.330 e. The van der Waals surface area contributed by atoms with Crippen molar-refractivity contribution in [2.24, 2.45) is 11.8 Å². The molecule has 0 bridgehead atoms. The second-order valence-electron chi connectivity index (χ2n) is 3.97. The Labute approximate surface area is 106 Å². The average molecular weight is 322 g/mol. The van der Waals surface area contributed by atoms with Crippen LogP contribution in [0.25, 0.3) is 0 Å². The van der Waals surface area contributed by atoms with Crippen LogP contribution in [0.5, 0.6) is 0 Å². The summed E-state index contributed by atoms with van der Waals surface area (Å²) in [6, 6.07) is 0. The molecule has 0 aromatic rings. The Morgan fingerprint density at radius 2 is 2.20 bits per heavy atom. The molecule has 86 valence electrons. The largest absolute Gasteiger partial charge is 0.463 e. The molecule has 0 heterocycles. The van der Waals surface area contributed by atoms with Gasteiger partial charge < -0.3 is 4.74 Å². The molecule has 0 amide bonds. The maximum absolute atomic E-state index is 11.2. The van der Waals surface area contributed by atoms with Crippen molar-refractivity contribution in [1.29, 1.82) is 0 Å². The third-order valence-electron chi connectivity index (χ3n) is 2.93. The number of esters is 1. The van der Waals surface area contributed by atoms with Crippen LogP contribution < -0.4 is 0 Å². The molecule has 2 nitrogen and oxygen atoms in total. The number of allylic oxidation sites excluding steroid dienone is 1. The van der Waals surface area contributed by atoms with Crippen molar-refractivity contribution in [3.8, 4) is 0 Å². The van der Waals surface area contributed by atoms with Crippen molar-refractivity contribution in [3.05, 3.63) is 12.2 Å². The molecule has 0 aromatic carbocycles. The van der Waals surface area contributed by atoms with Crippen LogP contribution in [0.1, 0.15) is 32.6 Å². The molecule has 3 heteroatoms. The maximum atomic E-state index is 11.2. The lowest BCUT2D eigenvalue weighted by molar-refractivity contribution is -0.137. The number of halogens is 1. The highest BCUT2D eigenvalue weighted by Gasteiger charge is 2.21. The Hall–Kier alpha value is -0.0600. The molecule has 1 rings (SSSR count). The minimum atomic E-state index is -0.199. The molecule has 0 spiro atoms. The second kappa shape index (κ2) is 7.25. The monoisotopic (exact) mass is 322 g/mol. The molecule has 2 atom stereocenters. The van der Waals surface area contributed by atoms with E-state index in [1.54, 1.807) is 6.08 Å². The van der Waals surface area contributed by atoms with E-state index in [1.165, 1.54) is 30.1 Å². The van der Waals surface area contributed by atoms with Crippen molar-refractivity contribution in [3.63, 3.8) is 0 Å². The van der Waals surface area contributed by atoms with E-state index in [2.05, 4.69) is 28.7 Å². The molecule has 2 unspecified atom stereocenters. The molecule has 1 aliphatic rings. The summed E-state index contributed by atoms with van der Waals surface area (Å²) in [5.74, 6) is 1.14. The third kappa shape index (κ3) is 4.53. The molecule has 0 aromatic heterocycles. The summed E-state index contributed by atoms with van der Waals surface area (Å²) in [5.41, 5.74) is 0. The zero-order chi connectivity index (χ0) is 11.1. The Bertz CT molecular complexity index is 226. The zero-order valence-corrected chi connectivity index (χ0v) is 11.4. The predicted molar refractivity (Wildman–Crippen MR) is 70.1 cm³/mol. The van der Waals surface area contributed by atoms with Gasteiger partial charge in [0.15, 0.2) is 0 Å². The lowest BCUT2D eigenvalue weighted by atomic mass is 9.80. The highest BCUT2D eigenvalue weighted by Crippen LogP contribution is 2.32. The Morgan fingerprint density at radius 1 is 1.47 bits per heavy atom. The van der Waals surface area contributed by atoms with Gasteiger partial charge in [-0.3, -0.25) is 0 Å². The lowest BCUT2D eigenvalue weighted by Crippen LogP contribution is -2.19. The van der Waals surface area contributed by atoms with E-state index in [-0.39, 0.29) is 5.97 Å². The summed E-state index contributed by atoms with van der Waals surface area (Å²) < 4.78 is 6.06. The van der Waals surface area contributed by atoms with Gasteiger partial charge in [-0.2, -0.15) is 0 Å². The highest BCUT2D eigenvalue weighted by molar-refractivity contribution is 14.1. The summed E-state index contributed by atoms with van der Waals surface area (Å²) in [6.07, 6.45) is 8.84. The minimum Gasteiger partial charge on any atom is -0.463 e. The molecule has 15 heavy (non-hydrogen) atoms. The molecule has 1 saturated carbocycles. The van der Waals surface area contributed by atoms with E-state index >= 15 is 0 Å². The standard InChI is InChI=1S/C12H19IO2/c1-2-15-12(14)8-7-10-5-3-4-6-11(10)9-13/h7-8,10-11H,2-6,9H2,1H3/b8-7+. The molecular formula is C12H19IO2. The Morgan fingerprint density at radius 3 is 2.87 bits per heavy atom. The fourth-order valence-corrected chi connectivity index (χ4v) is 3.17. The quantitative estimate of drug-likeness (QED) is 0.343. The van der Waals surface area contributed by atoms with Crippen molar-refractivity contribution in [2.45, 2.75) is 32.6 Å². The van der Waals surface area contributed by atoms with Gasteiger partial charge in [-0.15, -0.1) is 0 Å². The van der Waals surface area contributed by atoms with Crippen LogP contribution in [0, 0.1) is 11.8 Å².